The number of urea groups is 1. The lowest BCUT2D eigenvalue weighted by molar-refractivity contribution is 0.0984. The van der Waals surface area contributed by atoms with Crippen LogP contribution in [-0.4, -0.2) is 18.4 Å². The maximum absolute atomic E-state index is 12.0. The Morgan fingerprint density at radius 3 is 2.22 bits per heavy atom. The number of ketones is 1. The van der Waals surface area contributed by atoms with E-state index < -0.39 is 0 Å². The molecule has 2 rings (SSSR count). The Hall–Kier alpha value is -2.62. The first kappa shape index (κ1) is 16.7. The van der Waals surface area contributed by atoms with Gasteiger partial charge in [0, 0.05) is 24.2 Å². The second kappa shape index (κ2) is 8.13. The molecule has 0 aromatic heterocycles. The maximum atomic E-state index is 12.0. The molecule has 2 aromatic rings. The predicted octanol–water partition coefficient (Wildman–Crippen LogP) is 3.95. The number of anilines is 1. The van der Waals surface area contributed by atoms with Gasteiger partial charge in [0.05, 0.1) is 0 Å². The summed E-state index contributed by atoms with van der Waals surface area (Å²) in [5.74, 6) is 0.0256. The molecule has 0 heterocycles. The predicted molar refractivity (Wildman–Crippen MR) is 93.0 cm³/mol. The molecule has 0 bridgehead atoms. The van der Waals surface area contributed by atoms with Gasteiger partial charge in [-0.3, -0.25) is 4.79 Å². The van der Waals surface area contributed by atoms with E-state index in [4.69, 9.17) is 0 Å². The molecule has 0 aliphatic rings. The molecule has 2 N–H and O–H groups in total. The summed E-state index contributed by atoms with van der Waals surface area (Å²) in [5.41, 5.74) is 3.75. The number of carbonyl (C=O) groups excluding carboxylic acids is 2. The fourth-order valence-corrected chi connectivity index (χ4v) is 2.17. The lowest BCUT2D eigenvalue weighted by Crippen LogP contribution is -2.30. The molecule has 4 nitrogen and oxygen atoms in total. The van der Waals surface area contributed by atoms with Crippen molar-refractivity contribution in [2.75, 3.05) is 11.9 Å². The highest BCUT2D eigenvalue weighted by Crippen LogP contribution is 2.10. The zero-order chi connectivity index (χ0) is 16.7. The molecule has 0 unspecified atom stereocenters. The molecule has 0 aliphatic carbocycles. The van der Waals surface area contributed by atoms with Crippen molar-refractivity contribution in [3.8, 4) is 0 Å². The van der Waals surface area contributed by atoms with Crippen LogP contribution in [0.5, 0.6) is 0 Å². The summed E-state index contributed by atoms with van der Waals surface area (Å²) in [6.07, 6.45) is 1.25. The van der Waals surface area contributed by atoms with Crippen molar-refractivity contribution in [2.24, 2.45) is 0 Å². The minimum Gasteiger partial charge on any atom is -0.337 e. The average Bonchev–Trinajstić information content (AvgIpc) is 2.56. The van der Waals surface area contributed by atoms with Crippen LogP contribution in [0.3, 0.4) is 0 Å². The summed E-state index contributed by atoms with van der Waals surface area (Å²) in [6, 6.07) is 14.9. The van der Waals surface area contributed by atoms with E-state index in [1.807, 2.05) is 55.5 Å². The lowest BCUT2D eigenvalue weighted by atomic mass is 10.1. The van der Waals surface area contributed by atoms with Gasteiger partial charge in [0.2, 0.25) is 0 Å². The molecule has 0 spiro atoms. The van der Waals surface area contributed by atoms with Crippen LogP contribution in [0.15, 0.2) is 48.5 Å². The van der Waals surface area contributed by atoms with Gasteiger partial charge < -0.3 is 10.6 Å². The zero-order valence-electron chi connectivity index (χ0n) is 13.6. The van der Waals surface area contributed by atoms with Crippen LogP contribution in [0.4, 0.5) is 10.5 Å². The second-order valence-corrected chi connectivity index (χ2v) is 5.47. The summed E-state index contributed by atoms with van der Waals surface area (Å²) < 4.78 is 0. The van der Waals surface area contributed by atoms with Crippen molar-refractivity contribution in [3.05, 3.63) is 65.2 Å². The Labute approximate surface area is 136 Å². The summed E-state index contributed by atoms with van der Waals surface area (Å²) >= 11 is 0. The fourth-order valence-electron chi connectivity index (χ4n) is 2.17. The summed E-state index contributed by atoms with van der Waals surface area (Å²) in [7, 11) is 0. The van der Waals surface area contributed by atoms with E-state index in [0.717, 1.165) is 17.7 Å². The fraction of sp³-hybridized carbons (Fsp3) is 0.263. The van der Waals surface area contributed by atoms with Crippen LogP contribution >= 0.6 is 0 Å². The SMILES string of the molecule is CCc1ccc(NC(=O)NCCC(=O)c2ccc(C)cc2)cc1. The Morgan fingerprint density at radius 2 is 1.61 bits per heavy atom. The van der Waals surface area contributed by atoms with Gasteiger partial charge in [-0.05, 0) is 31.0 Å². The van der Waals surface area contributed by atoms with Crippen LogP contribution in [0.2, 0.25) is 0 Å². The molecule has 0 aliphatic heterocycles. The van der Waals surface area contributed by atoms with E-state index in [2.05, 4.69) is 17.6 Å². The molecule has 0 atom stereocenters. The number of rotatable bonds is 6. The topological polar surface area (TPSA) is 58.2 Å². The van der Waals surface area contributed by atoms with Gasteiger partial charge in [-0.2, -0.15) is 0 Å². The zero-order valence-corrected chi connectivity index (χ0v) is 13.6. The first-order valence-electron chi connectivity index (χ1n) is 7.82. The van der Waals surface area contributed by atoms with Crippen LogP contribution in [0.1, 0.15) is 34.8 Å². The first-order valence-corrected chi connectivity index (χ1v) is 7.82. The highest BCUT2D eigenvalue weighted by molar-refractivity contribution is 5.96. The van der Waals surface area contributed by atoms with E-state index in [-0.39, 0.29) is 18.2 Å². The highest BCUT2D eigenvalue weighted by Gasteiger charge is 2.07. The molecule has 4 heteroatoms. The summed E-state index contributed by atoms with van der Waals surface area (Å²) in [6.45, 7) is 4.37. The summed E-state index contributed by atoms with van der Waals surface area (Å²) in [5, 5.41) is 5.45. The number of benzene rings is 2. The Morgan fingerprint density at radius 1 is 0.957 bits per heavy atom. The standard InChI is InChI=1S/C19H22N2O2/c1-3-15-6-10-17(11-7-15)21-19(23)20-13-12-18(22)16-8-4-14(2)5-9-16/h4-11H,3,12-13H2,1-2H3,(H2,20,21,23). The average molecular weight is 310 g/mol. The van der Waals surface area contributed by atoms with E-state index in [9.17, 15) is 9.59 Å². The minimum absolute atomic E-state index is 0.0256. The number of hydrogen-bond donors (Lipinski definition) is 2. The Bertz CT molecular complexity index is 661. The lowest BCUT2D eigenvalue weighted by Gasteiger charge is -2.08. The molecule has 0 fully saturated rings. The molecular formula is C19H22N2O2. The van der Waals surface area contributed by atoms with Crippen LogP contribution < -0.4 is 10.6 Å². The quantitative estimate of drug-likeness (QED) is 0.794. The molecular weight excluding hydrogens is 288 g/mol. The second-order valence-electron chi connectivity index (χ2n) is 5.47. The van der Waals surface area contributed by atoms with Gasteiger partial charge in [-0.25, -0.2) is 4.79 Å². The van der Waals surface area contributed by atoms with Crippen LogP contribution in [-0.2, 0) is 6.42 Å². The smallest absolute Gasteiger partial charge is 0.319 e. The van der Waals surface area contributed by atoms with E-state index in [0.29, 0.717) is 12.1 Å². The number of nitrogens with one attached hydrogen (secondary N) is 2. The van der Waals surface area contributed by atoms with Gasteiger partial charge in [-0.15, -0.1) is 0 Å². The monoisotopic (exact) mass is 310 g/mol. The van der Waals surface area contributed by atoms with Crippen molar-refractivity contribution >= 4 is 17.5 Å². The van der Waals surface area contributed by atoms with Crippen LogP contribution in [0, 0.1) is 6.92 Å². The van der Waals surface area contributed by atoms with Crippen molar-refractivity contribution in [2.45, 2.75) is 26.7 Å². The molecule has 23 heavy (non-hydrogen) atoms. The van der Waals surface area contributed by atoms with Crippen molar-refractivity contribution in [3.63, 3.8) is 0 Å². The number of aryl methyl sites for hydroxylation is 2. The maximum Gasteiger partial charge on any atom is 0.319 e. The molecule has 120 valence electrons. The number of hydrogen-bond acceptors (Lipinski definition) is 2. The summed E-state index contributed by atoms with van der Waals surface area (Å²) in [4.78, 5) is 23.8. The third-order valence-electron chi connectivity index (χ3n) is 3.63. The number of Topliss-reactive ketones (excluding diaryl/α,β-unsaturated/α-hetero) is 1. The van der Waals surface area contributed by atoms with Gasteiger partial charge >= 0.3 is 6.03 Å². The van der Waals surface area contributed by atoms with E-state index >= 15 is 0 Å². The van der Waals surface area contributed by atoms with Crippen LogP contribution in [0.25, 0.3) is 0 Å². The third-order valence-corrected chi connectivity index (χ3v) is 3.63. The van der Waals surface area contributed by atoms with E-state index in [1.54, 1.807) is 0 Å². The molecule has 0 saturated heterocycles. The Balaban J connectivity index is 1.75. The van der Waals surface area contributed by atoms with Crippen molar-refractivity contribution in [1.29, 1.82) is 0 Å². The van der Waals surface area contributed by atoms with Gasteiger partial charge in [0.1, 0.15) is 0 Å². The largest absolute Gasteiger partial charge is 0.337 e. The minimum atomic E-state index is -0.300. The molecule has 2 amide bonds. The van der Waals surface area contributed by atoms with Gasteiger partial charge in [0.15, 0.2) is 5.78 Å². The first-order chi connectivity index (χ1) is 11.1. The Kier molecular flexibility index (Phi) is 5.92. The molecule has 2 aromatic carbocycles. The number of carbonyl (C=O) groups is 2. The van der Waals surface area contributed by atoms with E-state index in [1.165, 1.54) is 5.56 Å². The molecule has 0 radical (unpaired) electrons. The van der Waals surface area contributed by atoms with Gasteiger partial charge in [0.25, 0.3) is 0 Å². The number of amides is 2. The normalized spacial score (nSPS) is 10.2. The molecule has 0 saturated carbocycles. The van der Waals surface area contributed by atoms with Gasteiger partial charge in [-0.1, -0.05) is 48.9 Å². The third kappa shape index (κ3) is 5.25. The highest BCUT2D eigenvalue weighted by atomic mass is 16.2. The van der Waals surface area contributed by atoms with Crippen molar-refractivity contribution < 1.29 is 9.59 Å². The van der Waals surface area contributed by atoms with Crippen molar-refractivity contribution in [1.82, 2.24) is 5.32 Å².